The minimum Gasteiger partial charge on any atom is -0.476 e. The summed E-state index contributed by atoms with van der Waals surface area (Å²) in [5.41, 5.74) is 5.83. The summed E-state index contributed by atoms with van der Waals surface area (Å²) in [5, 5.41) is 36.9. The quantitative estimate of drug-likeness (QED) is 0.361. The van der Waals surface area contributed by atoms with Crippen LogP contribution in [0.25, 0.3) is 34.3 Å². The first kappa shape index (κ1) is 28.3. The zero-order valence-electron chi connectivity index (χ0n) is 23.8. The summed E-state index contributed by atoms with van der Waals surface area (Å²) in [6.45, 7) is 7.41. The van der Waals surface area contributed by atoms with Crippen LogP contribution in [-0.2, 0) is 13.6 Å². The molecule has 2 N–H and O–H groups in total. The van der Waals surface area contributed by atoms with Crippen molar-refractivity contribution in [1.82, 2.24) is 39.6 Å². The maximum atomic E-state index is 13.9. The second kappa shape index (κ2) is 11.7. The minimum absolute atomic E-state index is 0.153. The Morgan fingerprint density at radius 3 is 2.83 bits per heavy atom. The van der Waals surface area contributed by atoms with Gasteiger partial charge in [0, 0.05) is 31.6 Å². The van der Waals surface area contributed by atoms with Crippen molar-refractivity contribution in [3.05, 3.63) is 34.4 Å². The molecule has 1 aliphatic rings. The number of fused-ring (bicyclic) bond motifs is 4. The van der Waals surface area contributed by atoms with Crippen molar-refractivity contribution in [2.45, 2.75) is 46.3 Å². The van der Waals surface area contributed by atoms with Gasteiger partial charge in [-0.25, -0.2) is 9.07 Å². The molecule has 2 bridgehead atoms. The third-order valence-corrected chi connectivity index (χ3v) is 7.37. The Labute approximate surface area is 237 Å². The Morgan fingerprint density at radius 2 is 2.10 bits per heavy atom. The summed E-state index contributed by atoms with van der Waals surface area (Å²) in [5.74, 6) is 0.825. The molecule has 0 fully saturated rings. The molecule has 1 aliphatic heterocycles. The van der Waals surface area contributed by atoms with Crippen molar-refractivity contribution >= 4 is 23.1 Å². The molecule has 2 unspecified atom stereocenters. The molecule has 5 heterocycles. The number of aliphatic hydroxyl groups excluding tert-OH is 1. The third-order valence-electron chi connectivity index (χ3n) is 7.37. The molecule has 0 spiro atoms. The first-order valence-corrected chi connectivity index (χ1v) is 13.5. The first-order chi connectivity index (χ1) is 19.8. The molecular formula is C28H34FN9O3. The van der Waals surface area contributed by atoms with Crippen molar-refractivity contribution in [2.75, 3.05) is 33.0 Å². The molecule has 0 aliphatic carbocycles. The van der Waals surface area contributed by atoms with Crippen LogP contribution < -0.4 is 9.47 Å². The first-order valence-electron chi connectivity index (χ1n) is 13.5. The van der Waals surface area contributed by atoms with Crippen LogP contribution in [0.15, 0.2) is 6.07 Å². The lowest BCUT2D eigenvalue weighted by Gasteiger charge is -2.29. The zero-order chi connectivity index (χ0) is 29.3. The molecule has 41 heavy (non-hydrogen) atoms. The van der Waals surface area contributed by atoms with Crippen molar-refractivity contribution < 1.29 is 19.0 Å². The van der Waals surface area contributed by atoms with Gasteiger partial charge >= 0.3 is 0 Å². The van der Waals surface area contributed by atoms with Crippen molar-refractivity contribution in [3.8, 4) is 29.1 Å². The van der Waals surface area contributed by atoms with Crippen molar-refractivity contribution in [1.29, 1.82) is 5.26 Å². The van der Waals surface area contributed by atoms with Gasteiger partial charge in [-0.05, 0) is 45.9 Å². The standard InChI is InChI=1S/C28H34FN9O3/c1-16(14-39)38-24-13-37(10-8-29)17(2)15-41-28-25(18(3)34-36(28)5)23-12-21-22(32-33-26(21)19(4)31-23)7-6-20(24)27(35-38)40-11-9-30/h6-7,12,16-17,39H,8,10-11,13-15H2,1-5H3,(H,32,33)/b7-6+. The van der Waals surface area contributed by atoms with E-state index in [1.807, 2.05) is 63.9 Å². The minimum atomic E-state index is -0.561. The summed E-state index contributed by atoms with van der Waals surface area (Å²) in [7, 11) is 1.82. The average molecular weight is 564 g/mol. The molecule has 0 radical (unpaired) electrons. The molecule has 13 heteroatoms. The Balaban J connectivity index is 1.75. The van der Waals surface area contributed by atoms with Gasteiger partial charge in [-0.3, -0.25) is 19.7 Å². The maximum absolute atomic E-state index is 13.9. The van der Waals surface area contributed by atoms with E-state index < -0.39 is 6.67 Å². The lowest BCUT2D eigenvalue weighted by Crippen LogP contribution is -2.39. The van der Waals surface area contributed by atoms with E-state index in [2.05, 4.69) is 20.4 Å². The number of pyridine rings is 1. The number of rotatable bonds is 6. The highest BCUT2D eigenvalue weighted by Gasteiger charge is 2.27. The fourth-order valence-electron chi connectivity index (χ4n) is 5.20. The number of ether oxygens (including phenoxy) is 2. The molecule has 4 aromatic heterocycles. The van der Waals surface area contributed by atoms with Crippen LogP contribution in [0.4, 0.5) is 4.39 Å². The van der Waals surface area contributed by atoms with Crippen LogP contribution in [0.2, 0.25) is 0 Å². The maximum Gasteiger partial charge on any atom is 0.241 e. The van der Waals surface area contributed by atoms with Crippen molar-refractivity contribution in [3.63, 3.8) is 0 Å². The van der Waals surface area contributed by atoms with Crippen LogP contribution in [0.5, 0.6) is 11.8 Å². The van der Waals surface area contributed by atoms with Gasteiger partial charge in [0.1, 0.15) is 24.9 Å². The van der Waals surface area contributed by atoms with E-state index in [1.54, 1.807) is 9.36 Å². The van der Waals surface area contributed by atoms with Gasteiger partial charge < -0.3 is 14.6 Å². The molecule has 0 aromatic carbocycles. The van der Waals surface area contributed by atoms with Gasteiger partial charge in [-0.15, -0.1) is 5.10 Å². The fraction of sp³-hybridized carbons (Fsp3) is 0.464. The molecule has 0 saturated heterocycles. The predicted octanol–water partition coefficient (Wildman–Crippen LogP) is 3.35. The summed E-state index contributed by atoms with van der Waals surface area (Å²) in [6, 6.07) is 3.36. The lowest BCUT2D eigenvalue weighted by molar-refractivity contribution is 0.121. The molecule has 216 valence electrons. The van der Waals surface area contributed by atoms with Crippen LogP contribution in [0.1, 0.15) is 48.2 Å². The Bertz CT molecular complexity index is 1630. The summed E-state index contributed by atoms with van der Waals surface area (Å²) >= 11 is 0. The fourth-order valence-corrected chi connectivity index (χ4v) is 5.20. The lowest BCUT2D eigenvalue weighted by atomic mass is 10.1. The number of hydrogen-bond donors (Lipinski definition) is 2. The monoisotopic (exact) mass is 563 g/mol. The van der Waals surface area contributed by atoms with Gasteiger partial charge in [-0.2, -0.15) is 15.5 Å². The van der Waals surface area contributed by atoms with E-state index in [9.17, 15) is 14.8 Å². The van der Waals surface area contributed by atoms with Crippen LogP contribution in [-0.4, -0.2) is 83.8 Å². The Morgan fingerprint density at radius 1 is 1.29 bits per heavy atom. The number of aromatic nitrogens is 7. The second-order valence-electron chi connectivity index (χ2n) is 10.3. The highest BCUT2D eigenvalue weighted by atomic mass is 19.1. The van der Waals surface area contributed by atoms with E-state index in [4.69, 9.17) is 14.5 Å². The number of nitrogens with one attached hydrogen (secondary N) is 1. The van der Waals surface area contributed by atoms with Crippen LogP contribution in [0.3, 0.4) is 0 Å². The largest absolute Gasteiger partial charge is 0.476 e. The highest BCUT2D eigenvalue weighted by molar-refractivity contribution is 5.93. The number of hydrogen-bond acceptors (Lipinski definition) is 9. The van der Waals surface area contributed by atoms with Crippen LogP contribution >= 0.6 is 0 Å². The average Bonchev–Trinajstić information content (AvgIpc) is 3.60. The molecule has 2 atom stereocenters. The summed E-state index contributed by atoms with van der Waals surface area (Å²) < 4.78 is 29.3. The second-order valence-corrected chi connectivity index (χ2v) is 10.3. The number of aromatic amines is 1. The smallest absolute Gasteiger partial charge is 0.241 e. The predicted molar refractivity (Wildman–Crippen MR) is 151 cm³/mol. The van der Waals surface area contributed by atoms with Gasteiger partial charge in [0.25, 0.3) is 0 Å². The zero-order valence-corrected chi connectivity index (χ0v) is 23.8. The Hall–Kier alpha value is -4.28. The summed E-state index contributed by atoms with van der Waals surface area (Å²) in [4.78, 5) is 6.79. The van der Waals surface area contributed by atoms with Gasteiger partial charge in [0.2, 0.25) is 11.8 Å². The van der Waals surface area contributed by atoms with E-state index in [1.165, 1.54) is 0 Å². The molecular weight excluding hydrogens is 529 g/mol. The molecule has 0 saturated carbocycles. The third kappa shape index (κ3) is 5.28. The van der Waals surface area contributed by atoms with Gasteiger partial charge in [0.15, 0.2) is 6.61 Å². The number of nitrogens with zero attached hydrogens (tertiary/aromatic N) is 8. The highest BCUT2D eigenvalue weighted by Crippen LogP contribution is 2.36. The number of aryl methyl sites for hydroxylation is 3. The number of H-pyrrole nitrogens is 1. The van der Waals surface area contributed by atoms with E-state index >= 15 is 0 Å². The number of aliphatic hydroxyl groups is 1. The topological polar surface area (TPSA) is 143 Å². The van der Waals surface area contributed by atoms with Gasteiger partial charge in [-0.1, -0.05) is 0 Å². The van der Waals surface area contributed by atoms with Crippen molar-refractivity contribution in [2.24, 2.45) is 7.05 Å². The number of nitriles is 1. The van der Waals surface area contributed by atoms with Gasteiger partial charge in [0.05, 0.1) is 52.2 Å². The molecule has 0 amide bonds. The SMILES string of the molecule is Cc1nn(C)c2c1-c1cc3c([nH]nc3c(C)n1)/C=C/c1c(OCC#N)nn(C(C)CO)c1CN(CCF)C(C)CO2. The number of alkyl halides is 1. The molecule has 4 aromatic rings. The normalized spacial score (nSPS) is 17.3. The Kier molecular flexibility index (Phi) is 8.05. The molecule has 5 rings (SSSR count). The van der Waals surface area contributed by atoms with Crippen LogP contribution in [0, 0.1) is 25.2 Å². The molecule has 12 nitrogen and oxygen atoms in total. The van der Waals surface area contributed by atoms with E-state index in [0.29, 0.717) is 29.4 Å². The van der Waals surface area contributed by atoms with E-state index in [0.717, 1.165) is 33.5 Å². The number of halogens is 1. The summed E-state index contributed by atoms with van der Waals surface area (Å²) in [6.07, 6.45) is 3.73. The van der Waals surface area contributed by atoms with E-state index in [-0.39, 0.29) is 44.3 Å².